The number of carbonyl (C=O) groups excluding carboxylic acids is 2. The van der Waals surface area contributed by atoms with Gasteiger partial charge in [0.1, 0.15) is 5.76 Å². The highest BCUT2D eigenvalue weighted by Gasteiger charge is 2.18. The molecular formula is C14H21NO5. The van der Waals surface area contributed by atoms with E-state index >= 15 is 0 Å². The fourth-order valence-corrected chi connectivity index (χ4v) is 1.92. The van der Waals surface area contributed by atoms with Gasteiger partial charge in [0, 0.05) is 5.56 Å². The highest BCUT2D eigenvalue weighted by Crippen LogP contribution is 2.17. The fraction of sp³-hybridized carbons (Fsp3) is 0.571. The Bertz CT molecular complexity index is 466. The molecule has 0 saturated heterocycles. The molecule has 0 aliphatic heterocycles. The van der Waals surface area contributed by atoms with E-state index in [1.807, 2.05) is 11.8 Å². The fourth-order valence-electron chi connectivity index (χ4n) is 1.92. The van der Waals surface area contributed by atoms with Gasteiger partial charge < -0.3 is 13.9 Å². The first-order valence-corrected chi connectivity index (χ1v) is 6.48. The molecule has 0 unspecified atom stereocenters. The van der Waals surface area contributed by atoms with Crippen LogP contribution in [0.4, 0.5) is 0 Å². The molecule has 0 radical (unpaired) electrons. The van der Waals surface area contributed by atoms with E-state index in [2.05, 4.69) is 9.47 Å². The number of furan rings is 1. The number of ether oxygens (including phenoxy) is 2. The van der Waals surface area contributed by atoms with Gasteiger partial charge in [-0.3, -0.25) is 9.69 Å². The van der Waals surface area contributed by atoms with E-state index in [0.29, 0.717) is 12.3 Å². The molecule has 0 aliphatic rings. The Morgan fingerprint density at radius 1 is 1.30 bits per heavy atom. The SMILES string of the molecule is CCCN(CC(=O)OC)Cc1cc(C)c(C(=O)OC)o1. The molecule has 0 saturated carbocycles. The van der Waals surface area contributed by atoms with E-state index < -0.39 is 5.97 Å². The Morgan fingerprint density at radius 3 is 2.55 bits per heavy atom. The van der Waals surface area contributed by atoms with Crippen molar-refractivity contribution in [2.24, 2.45) is 0 Å². The molecule has 0 atom stereocenters. The largest absolute Gasteiger partial charge is 0.468 e. The number of nitrogens with zero attached hydrogens (tertiary/aromatic N) is 1. The number of aryl methyl sites for hydroxylation is 1. The van der Waals surface area contributed by atoms with Crippen molar-refractivity contribution in [3.05, 3.63) is 23.2 Å². The minimum Gasteiger partial charge on any atom is -0.468 e. The molecule has 0 spiro atoms. The predicted molar refractivity (Wildman–Crippen MR) is 72.4 cm³/mol. The van der Waals surface area contributed by atoms with Gasteiger partial charge in [0.25, 0.3) is 0 Å². The first kappa shape index (κ1) is 16.2. The van der Waals surface area contributed by atoms with Crippen LogP contribution in [-0.2, 0) is 20.8 Å². The molecule has 6 nitrogen and oxygen atoms in total. The molecule has 20 heavy (non-hydrogen) atoms. The zero-order valence-electron chi connectivity index (χ0n) is 12.4. The zero-order valence-corrected chi connectivity index (χ0v) is 12.4. The van der Waals surface area contributed by atoms with Crippen LogP contribution in [0.15, 0.2) is 10.5 Å². The third kappa shape index (κ3) is 4.38. The van der Waals surface area contributed by atoms with Crippen LogP contribution in [0, 0.1) is 6.92 Å². The Labute approximate surface area is 118 Å². The van der Waals surface area contributed by atoms with Crippen molar-refractivity contribution < 1.29 is 23.5 Å². The van der Waals surface area contributed by atoms with Crippen LogP contribution in [0.5, 0.6) is 0 Å². The summed E-state index contributed by atoms with van der Waals surface area (Å²) in [5, 5.41) is 0. The van der Waals surface area contributed by atoms with E-state index in [1.54, 1.807) is 13.0 Å². The van der Waals surface area contributed by atoms with Crippen LogP contribution < -0.4 is 0 Å². The van der Waals surface area contributed by atoms with Crippen molar-refractivity contribution in [2.75, 3.05) is 27.3 Å². The van der Waals surface area contributed by atoms with E-state index in [-0.39, 0.29) is 18.3 Å². The molecule has 0 bridgehead atoms. The molecular weight excluding hydrogens is 262 g/mol. The summed E-state index contributed by atoms with van der Waals surface area (Å²) in [6, 6.07) is 1.78. The van der Waals surface area contributed by atoms with Crippen LogP contribution in [0.3, 0.4) is 0 Å². The first-order chi connectivity index (χ1) is 9.51. The molecule has 1 aromatic rings. The second-order valence-corrected chi connectivity index (χ2v) is 4.50. The number of hydrogen-bond donors (Lipinski definition) is 0. The molecule has 0 aromatic carbocycles. The lowest BCUT2D eigenvalue weighted by Crippen LogP contribution is -2.30. The van der Waals surface area contributed by atoms with Gasteiger partial charge in [0.05, 0.1) is 27.3 Å². The van der Waals surface area contributed by atoms with E-state index in [9.17, 15) is 9.59 Å². The number of rotatable bonds is 7. The summed E-state index contributed by atoms with van der Waals surface area (Å²) < 4.78 is 14.8. The average molecular weight is 283 g/mol. The number of methoxy groups -OCH3 is 2. The van der Waals surface area contributed by atoms with Gasteiger partial charge in [-0.15, -0.1) is 0 Å². The summed E-state index contributed by atoms with van der Waals surface area (Å²) in [5.41, 5.74) is 0.723. The predicted octanol–water partition coefficient (Wildman–Crippen LogP) is 1.76. The maximum atomic E-state index is 11.5. The Morgan fingerprint density at radius 2 is 2.00 bits per heavy atom. The van der Waals surface area contributed by atoms with Crippen molar-refractivity contribution in [3.8, 4) is 0 Å². The summed E-state index contributed by atoms with van der Waals surface area (Å²) >= 11 is 0. The van der Waals surface area contributed by atoms with Gasteiger partial charge in [-0.1, -0.05) is 6.92 Å². The van der Waals surface area contributed by atoms with E-state index in [0.717, 1.165) is 18.5 Å². The molecule has 1 heterocycles. The third-order valence-electron chi connectivity index (χ3n) is 2.84. The van der Waals surface area contributed by atoms with Gasteiger partial charge in [-0.25, -0.2) is 4.79 Å². The lowest BCUT2D eigenvalue weighted by atomic mass is 10.2. The lowest BCUT2D eigenvalue weighted by Gasteiger charge is -2.18. The summed E-state index contributed by atoms with van der Waals surface area (Å²) in [5.74, 6) is 0.0379. The average Bonchev–Trinajstić information content (AvgIpc) is 2.78. The molecule has 0 fully saturated rings. The van der Waals surface area contributed by atoms with Crippen molar-refractivity contribution >= 4 is 11.9 Å². The number of hydrogen-bond acceptors (Lipinski definition) is 6. The monoisotopic (exact) mass is 283 g/mol. The van der Waals surface area contributed by atoms with Crippen molar-refractivity contribution in [1.82, 2.24) is 4.90 Å². The summed E-state index contributed by atoms with van der Waals surface area (Å²) in [7, 11) is 2.67. The number of esters is 2. The normalized spacial score (nSPS) is 10.7. The third-order valence-corrected chi connectivity index (χ3v) is 2.84. The Hall–Kier alpha value is -1.82. The standard InChI is InChI=1S/C14H21NO5/c1-5-6-15(9-12(16)18-3)8-11-7-10(2)13(20-11)14(17)19-4/h7H,5-6,8-9H2,1-4H3. The molecule has 1 rings (SSSR count). The lowest BCUT2D eigenvalue weighted by molar-refractivity contribution is -0.142. The zero-order chi connectivity index (χ0) is 15.1. The number of carbonyl (C=O) groups is 2. The maximum absolute atomic E-state index is 11.5. The van der Waals surface area contributed by atoms with Crippen molar-refractivity contribution in [2.45, 2.75) is 26.8 Å². The minimum atomic E-state index is -0.497. The molecule has 0 amide bonds. The highest BCUT2D eigenvalue weighted by atomic mass is 16.5. The van der Waals surface area contributed by atoms with Crippen LogP contribution in [0.25, 0.3) is 0 Å². The van der Waals surface area contributed by atoms with Gasteiger partial charge in [0.15, 0.2) is 0 Å². The maximum Gasteiger partial charge on any atom is 0.374 e. The van der Waals surface area contributed by atoms with Gasteiger partial charge in [0.2, 0.25) is 5.76 Å². The van der Waals surface area contributed by atoms with Gasteiger partial charge >= 0.3 is 11.9 Å². The highest BCUT2D eigenvalue weighted by molar-refractivity contribution is 5.87. The molecule has 1 aromatic heterocycles. The van der Waals surface area contributed by atoms with E-state index in [4.69, 9.17) is 4.42 Å². The quantitative estimate of drug-likeness (QED) is 0.710. The van der Waals surface area contributed by atoms with Gasteiger partial charge in [-0.05, 0) is 26.0 Å². The topological polar surface area (TPSA) is 69.0 Å². The van der Waals surface area contributed by atoms with Crippen LogP contribution in [0.1, 0.15) is 35.2 Å². The van der Waals surface area contributed by atoms with Crippen LogP contribution >= 0.6 is 0 Å². The second-order valence-electron chi connectivity index (χ2n) is 4.50. The molecule has 6 heteroatoms. The minimum absolute atomic E-state index is 0.192. The molecule has 112 valence electrons. The molecule has 0 N–H and O–H groups in total. The van der Waals surface area contributed by atoms with Crippen molar-refractivity contribution in [1.29, 1.82) is 0 Å². The van der Waals surface area contributed by atoms with Crippen molar-refractivity contribution in [3.63, 3.8) is 0 Å². The summed E-state index contributed by atoms with van der Waals surface area (Å²) in [6.45, 7) is 5.18. The Kier molecular flexibility index (Phi) is 6.24. The van der Waals surface area contributed by atoms with Gasteiger partial charge in [-0.2, -0.15) is 0 Å². The van der Waals surface area contributed by atoms with E-state index in [1.165, 1.54) is 14.2 Å². The summed E-state index contributed by atoms with van der Waals surface area (Å²) in [6.07, 6.45) is 0.903. The second kappa shape index (κ2) is 7.69. The molecule has 0 aliphatic carbocycles. The first-order valence-electron chi connectivity index (χ1n) is 6.48. The smallest absolute Gasteiger partial charge is 0.374 e. The van der Waals surface area contributed by atoms with Crippen LogP contribution in [-0.4, -0.2) is 44.1 Å². The summed E-state index contributed by atoms with van der Waals surface area (Å²) in [4.78, 5) is 24.7. The Balaban J connectivity index is 2.78. The van der Waals surface area contributed by atoms with Crippen LogP contribution in [0.2, 0.25) is 0 Å².